The second-order valence-electron chi connectivity index (χ2n) is 7.07. The average molecular weight is 344 g/mol. The SMILES string of the molecule is CC1(c2ccc(CNC(=O)C[C@@H]3CCC[C@H]3N)cc2)NC(=O)NC1=O. The van der Waals surface area contributed by atoms with Gasteiger partial charge in [-0.1, -0.05) is 30.7 Å². The molecule has 3 atom stereocenters. The zero-order chi connectivity index (χ0) is 18.0. The molecule has 1 saturated carbocycles. The molecular weight excluding hydrogens is 320 g/mol. The molecule has 0 aromatic heterocycles. The molecule has 1 aliphatic carbocycles. The third-order valence-corrected chi connectivity index (χ3v) is 5.23. The van der Waals surface area contributed by atoms with Gasteiger partial charge in [0.2, 0.25) is 5.91 Å². The molecule has 7 heteroatoms. The minimum absolute atomic E-state index is 0.0147. The van der Waals surface area contributed by atoms with Crippen molar-refractivity contribution in [3.8, 4) is 0 Å². The Labute approximate surface area is 146 Å². The van der Waals surface area contributed by atoms with Crippen LogP contribution in [0.15, 0.2) is 24.3 Å². The molecule has 0 spiro atoms. The van der Waals surface area contributed by atoms with Crippen molar-refractivity contribution in [3.05, 3.63) is 35.4 Å². The van der Waals surface area contributed by atoms with E-state index in [0.717, 1.165) is 24.8 Å². The highest BCUT2D eigenvalue weighted by Gasteiger charge is 2.43. The van der Waals surface area contributed by atoms with Crippen molar-refractivity contribution < 1.29 is 14.4 Å². The maximum Gasteiger partial charge on any atom is 0.322 e. The van der Waals surface area contributed by atoms with Crippen molar-refractivity contribution in [2.45, 2.75) is 50.7 Å². The summed E-state index contributed by atoms with van der Waals surface area (Å²) in [6, 6.07) is 6.92. The van der Waals surface area contributed by atoms with Crippen LogP contribution in [-0.4, -0.2) is 23.9 Å². The van der Waals surface area contributed by atoms with Crippen LogP contribution in [0.3, 0.4) is 0 Å². The lowest BCUT2D eigenvalue weighted by Gasteiger charge is -2.21. The van der Waals surface area contributed by atoms with E-state index in [1.54, 1.807) is 19.1 Å². The van der Waals surface area contributed by atoms with Crippen LogP contribution in [0.2, 0.25) is 0 Å². The van der Waals surface area contributed by atoms with Crippen molar-refractivity contribution >= 4 is 17.8 Å². The predicted molar refractivity (Wildman–Crippen MR) is 92.2 cm³/mol. The summed E-state index contributed by atoms with van der Waals surface area (Å²) >= 11 is 0. The lowest BCUT2D eigenvalue weighted by molar-refractivity contribution is -0.124. The molecule has 0 radical (unpaired) electrons. The summed E-state index contributed by atoms with van der Waals surface area (Å²) in [7, 11) is 0. The van der Waals surface area contributed by atoms with Gasteiger partial charge in [-0.05, 0) is 36.8 Å². The van der Waals surface area contributed by atoms with Crippen LogP contribution in [0.4, 0.5) is 4.79 Å². The molecule has 5 N–H and O–H groups in total. The first-order valence-corrected chi connectivity index (χ1v) is 8.64. The first-order chi connectivity index (χ1) is 11.9. The maximum atomic E-state index is 12.1. The highest BCUT2D eigenvalue weighted by molar-refractivity contribution is 6.07. The molecule has 3 rings (SSSR count). The molecule has 7 nitrogen and oxygen atoms in total. The van der Waals surface area contributed by atoms with E-state index in [1.807, 2.05) is 12.1 Å². The Morgan fingerprint density at radius 2 is 2.00 bits per heavy atom. The number of hydrogen-bond donors (Lipinski definition) is 4. The third kappa shape index (κ3) is 3.66. The summed E-state index contributed by atoms with van der Waals surface area (Å²) in [5, 5.41) is 7.79. The summed E-state index contributed by atoms with van der Waals surface area (Å²) in [5.74, 6) is -0.0703. The van der Waals surface area contributed by atoms with E-state index < -0.39 is 11.6 Å². The first kappa shape index (κ1) is 17.4. The normalized spacial score (nSPS) is 28.6. The van der Waals surface area contributed by atoms with Gasteiger partial charge in [0.1, 0.15) is 5.54 Å². The number of imide groups is 1. The van der Waals surface area contributed by atoms with E-state index in [-0.39, 0.29) is 23.8 Å². The molecule has 1 aromatic rings. The summed E-state index contributed by atoms with van der Waals surface area (Å²) in [5.41, 5.74) is 6.57. The standard InChI is InChI=1S/C18H24N4O3/c1-18(16(24)21-17(25)22-18)13-7-5-11(6-8-13)10-20-15(23)9-12-3-2-4-14(12)19/h5-8,12,14H,2-4,9-10,19H2,1H3,(H,20,23)(H2,21,22,24,25)/t12-,14+,18?/m0/s1. The Morgan fingerprint density at radius 3 is 2.56 bits per heavy atom. The van der Waals surface area contributed by atoms with Gasteiger partial charge < -0.3 is 16.4 Å². The van der Waals surface area contributed by atoms with Crippen LogP contribution in [0.25, 0.3) is 0 Å². The second-order valence-corrected chi connectivity index (χ2v) is 7.07. The van der Waals surface area contributed by atoms with Gasteiger partial charge in [0.05, 0.1) is 0 Å². The van der Waals surface area contributed by atoms with Crippen LogP contribution in [-0.2, 0) is 21.7 Å². The van der Waals surface area contributed by atoms with E-state index in [2.05, 4.69) is 16.0 Å². The van der Waals surface area contributed by atoms with Gasteiger partial charge in [-0.3, -0.25) is 14.9 Å². The number of benzene rings is 1. The molecule has 0 bridgehead atoms. The topological polar surface area (TPSA) is 113 Å². The van der Waals surface area contributed by atoms with Crippen molar-refractivity contribution in [1.82, 2.24) is 16.0 Å². The van der Waals surface area contributed by atoms with Crippen LogP contribution in [0, 0.1) is 5.92 Å². The fraction of sp³-hybridized carbons (Fsp3) is 0.500. The number of carbonyl (C=O) groups excluding carboxylic acids is 3. The predicted octanol–water partition coefficient (Wildman–Crippen LogP) is 0.875. The Kier molecular flexibility index (Phi) is 4.76. The number of nitrogens with one attached hydrogen (secondary N) is 3. The average Bonchev–Trinajstić information content (AvgIpc) is 3.09. The van der Waals surface area contributed by atoms with Gasteiger partial charge >= 0.3 is 6.03 Å². The monoisotopic (exact) mass is 344 g/mol. The molecule has 1 heterocycles. The summed E-state index contributed by atoms with van der Waals surface area (Å²) < 4.78 is 0. The zero-order valence-corrected chi connectivity index (χ0v) is 14.3. The lowest BCUT2D eigenvalue weighted by Crippen LogP contribution is -2.40. The smallest absolute Gasteiger partial charge is 0.322 e. The quantitative estimate of drug-likeness (QED) is 0.594. The largest absolute Gasteiger partial charge is 0.352 e. The number of amides is 4. The molecule has 2 aliphatic rings. The van der Waals surface area contributed by atoms with E-state index in [0.29, 0.717) is 18.5 Å². The zero-order valence-electron chi connectivity index (χ0n) is 14.3. The van der Waals surface area contributed by atoms with E-state index in [4.69, 9.17) is 5.73 Å². The second kappa shape index (κ2) is 6.84. The minimum Gasteiger partial charge on any atom is -0.352 e. The third-order valence-electron chi connectivity index (χ3n) is 5.23. The van der Waals surface area contributed by atoms with Crippen molar-refractivity contribution in [1.29, 1.82) is 0 Å². The maximum absolute atomic E-state index is 12.1. The van der Waals surface area contributed by atoms with Crippen LogP contribution in [0.1, 0.15) is 43.7 Å². The Hall–Kier alpha value is -2.41. The highest BCUT2D eigenvalue weighted by atomic mass is 16.2. The van der Waals surface area contributed by atoms with Gasteiger partial charge in [-0.25, -0.2) is 4.79 Å². The van der Waals surface area contributed by atoms with Gasteiger partial charge in [0.15, 0.2) is 0 Å². The molecular formula is C18H24N4O3. The Bertz CT molecular complexity index is 688. The van der Waals surface area contributed by atoms with E-state index >= 15 is 0 Å². The van der Waals surface area contributed by atoms with Crippen LogP contribution in [0.5, 0.6) is 0 Å². The summed E-state index contributed by atoms with van der Waals surface area (Å²) in [6.07, 6.45) is 3.60. The van der Waals surface area contributed by atoms with Crippen molar-refractivity contribution in [3.63, 3.8) is 0 Å². The Morgan fingerprint density at radius 1 is 1.28 bits per heavy atom. The van der Waals surface area contributed by atoms with Gasteiger partial charge in [0.25, 0.3) is 5.91 Å². The molecule has 1 aromatic carbocycles. The lowest BCUT2D eigenvalue weighted by atomic mass is 9.91. The number of hydrogen-bond acceptors (Lipinski definition) is 4. The summed E-state index contributed by atoms with van der Waals surface area (Å²) in [6.45, 7) is 2.09. The molecule has 25 heavy (non-hydrogen) atoms. The fourth-order valence-corrected chi connectivity index (χ4v) is 3.53. The minimum atomic E-state index is -1.06. The highest BCUT2D eigenvalue weighted by Crippen LogP contribution is 2.27. The molecule has 2 fully saturated rings. The number of nitrogens with two attached hydrogens (primary N) is 1. The fourth-order valence-electron chi connectivity index (χ4n) is 3.53. The van der Waals surface area contributed by atoms with E-state index in [1.165, 1.54) is 0 Å². The van der Waals surface area contributed by atoms with Crippen molar-refractivity contribution in [2.75, 3.05) is 0 Å². The number of carbonyl (C=O) groups is 3. The molecule has 4 amide bonds. The van der Waals surface area contributed by atoms with Crippen molar-refractivity contribution in [2.24, 2.45) is 11.7 Å². The number of rotatable bonds is 5. The van der Waals surface area contributed by atoms with Gasteiger partial charge in [0, 0.05) is 19.0 Å². The van der Waals surface area contributed by atoms with Crippen LogP contribution < -0.4 is 21.7 Å². The van der Waals surface area contributed by atoms with E-state index in [9.17, 15) is 14.4 Å². The summed E-state index contributed by atoms with van der Waals surface area (Å²) in [4.78, 5) is 35.3. The molecule has 1 saturated heterocycles. The molecule has 1 aliphatic heterocycles. The molecule has 134 valence electrons. The van der Waals surface area contributed by atoms with Crippen LogP contribution >= 0.6 is 0 Å². The Balaban J connectivity index is 1.55. The van der Waals surface area contributed by atoms with Gasteiger partial charge in [-0.2, -0.15) is 0 Å². The van der Waals surface area contributed by atoms with Gasteiger partial charge in [-0.15, -0.1) is 0 Å². The number of urea groups is 1. The first-order valence-electron chi connectivity index (χ1n) is 8.64. The molecule has 1 unspecified atom stereocenters.